The van der Waals surface area contributed by atoms with E-state index in [1.807, 2.05) is 6.20 Å². The van der Waals surface area contributed by atoms with E-state index in [0.29, 0.717) is 0 Å². The van der Waals surface area contributed by atoms with Crippen molar-refractivity contribution in [3.05, 3.63) is 18.2 Å². The van der Waals surface area contributed by atoms with E-state index < -0.39 is 0 Å². The molecule has 0 aliphatic heterocycles. The molecule has 1 aromatic rings. The van der Waals surface area contributed by atoms with Crippen LogP contribution < -0.4 is 5.32 Å². The minimum absolute atomic E-state index is 0.789. The molecule has 0 bridgehead atoms. The van der Waals surface area contributed by atoms with Crippen LogP contribution >= 0.6 is 0 Å². The molecule has 0 unspecified atom stereocenters. The van der Waals surface area contributed by atoms with Crippen molar-refractivity contribution >= 4 is 0 Å². The van der Waals surface area contributed by atoms with Gasteiger partial charge in [-0.1, -0.05) is 20.8 Å². The van der Waals surface area contributed by atoms with Crippen molar-refractivity contribution in [2.24, 2.45) is 5.92 Å². The topological polar surface area (TPSA) is 29.9 Å². The molecule has 1 rings (SSSR count). The predicted molar refractivity (Wildman–Crippen MR) is 63.9 cm³/mol. The Morgan fingerprint density at radius 1 is 1.40 bits per heavy atom. The fraction of sp³-hybridized carbons (Fsp3) is 0.750. The molecule has 1 aromatic heterocycles. The van der Waals surface area contributed by atoms with Crippen LogP contribution in [0.3, 0.4) is 0 Å². The first kappa shape index (κ1) is 12.2. The van der Waals surface area contributed by atoms with E-state index >= 15 is 0 Å². The Hall–Kier alpha value is -0.830. The summed E-state index contributed by atoms with van der Waals surface area (Å²) in [6, 6.07) is 0. The van der Waals surface area contributed by atoms with Gasteiger partial charge < -0.3 is 9.88 Å². The van der Waals surface area contributed by atoms with E-state index in [2.05, 4.69) is 41.8 Å². The molecule has 0 saturated carbocycles. The maximum atomic E-state index is 4.30. The summed E-state index contributed by atoms with van der Waals surface area (Å²) in [4.78, 5) is 4.30. The highest BCUT2D eigenvalue weighted by molar-refractivity contribution is 4.91. The van der Waals surface area contributed by atoms with Crippen molar-refractivity contribution in [3.8, 4) is 0 Å². The maximum absolute atomic E-state index is 4.30. The lowest BCUT2D eigenvalue weighted by Gasteiger charge is -2.09. The Morgan fingerprint density at radius 2 is 2.20 bits per heavy atom. The molecule has 0 radical (unpaired) electrons. The highest BCUT2D eigenvalue weighted by atomic mass is 15.1. The molecule has 0 spiro atoms. The highest BCUT2D eigenvalue weighted by Crippen LogP contribution is 1.98. The minimum Gasteiger partial charge on any atom is -0.334 e. The van der Waals surface area contributed by atoms with Crippen LogP contribution in [0.25, 0.3) is 0 Å². The van der Waals surface area contributed by atoms with Crippen LogP contribution in [0.2, 0.25) is 0 Å². The van der Waals surface area contributed by atoms with Crippen LogP contribution in [-0.2, 0) is 13.0 Å². The van der Waals surface area contributed by atoms with Gasteiger partial charge in [0, 0.05) is 31.9 Å². The standard InChI is InChI=1S/C12H23N3/c1-4-12-14-8-10-15(12)9-7-13-6-5-11(2)3/h8,10-11,13H,4-7,9H2,1-3H3. The molecule has 86 valence electrons. The van der Waals surface area contributed by atoms with Crippen LogP contribution in [0.5, 0.6) is 0 Å². The molecule has 0 atom stereocenters. The van der Waals surface area contributed by atoms with E-state index in [4.69, 9.17) is 0 Å². The number of hydrogen-bond donors (Lipinski definition) is 1. The summed E-state index contributed by atoms with van der Waals surface area (Å²) < 4.78 is 2.22. The monoisotopic (exact) mass is 209 g/mol. The summed E-state index contributed by atoms with van der Waals surface area (Å²) in [6.07, 6.45) is 6.21. The van der Waals surface area contributed by atoms with Gasteiger partial charge in [-0.15, -0.1) is 0 Å². The van der Waals surface area contributed by atoms with Crippen LogP contribution in [-0.4, -0.2) is 22.6 Å². The lowest BCUT2D eigenvalue weighted by Crippen LogP contribution is -2.22. The number of rotatable bonds is 7. The van der Waals surface area contributed by atoms with Gasteiger partial charge in [0.2, 0.25) is 0 Å². The van der Waals surface area contributed by atoms with Gasteiger partial charge >= 0.3 is 0 Å². The van der Waals surface area contributed by atoms with E-state index in [1.54, 1.807) is 0 Å². The molecule has 15 heavy (non-hydrogen) atoms. The van der Waals surface area contributed by atoms with Gasteiger partial charge in [0.15, 0.2) is 0 Å². The second kappa shape index (κ2) is 6.62. The molecule has 0 amide bonds. The van der Waals surface area contributed by atoms with Crippen molar-refractivity contribution in [3.63, 3.8) is 0 Å². The van der Waals surface area contributed by atoms with Gasteiger partial charge in [0.25, 0.3) is 0 Å². The Kier molecular flexibility index (Phi) is 5.40. The van der Waals surface area contributed by atoms with Crippen molar-refractivity contribution in [2.75, 3.05) is 13.1 Å². The van der Waals surface area contributed by atoms with E-state index in [0.717, 1.165) is 32.0 Å². The number of nitrogens with zero attached hydrogens (tertiary/aromatic N) is 2. The summed E-state index contributed by atoms with van der Waals surface area (Å²) >= 11 is 0. The summed E-state index contributed by atoms with van der Waals surface area (Å²) in [5.74, 6) is 1.97. The molecule has 0 fully saturated rings. The summed E-state index contributed by atoms with van der Waals surface area (Å²) in [5.41, 5.74) is 0. The molecule has 0 aromatic carbocycles. The van der Waals surface area contributed by atoms with Gasteiger partial charge in [-0.05, 0) is 18.9 Å². The molecule has 0 saturated heterocycles. The second-order valence-electron chi connectivity index (χ2n) is 4.32. The van der Waals surface area contributed by atoms with Gasteiger partial charge in [0.1, 0.15) is 5.82 Å². The third-order valence-electron chi connectivity index (χ3n) is 2.55. The predicted octanol–water partition coefficient (Wildman–Crippen LogP) is 2.08. The normalized spacial score (nSPS) is 11.2. The largest absolute Gasteiger partial charge is 0.334 e. The zero-order valence-electron chi connectivity index (χ0n) is 10.2. The van der Waals surface area contributed by atoms with Crippen molar-refractivity contribution < 1.29 is 0 Å². The lowest BCUT2D eigenvalue weighted by molar-refractivity contribution is 0.515. The first-order valence-electron chi connectivity index (χ1n) is 5.94. The zero-order valence-corrected chi connectivity index (χ0v) is 10.2. The van der Waals surface area contributed by atoms with Crippen molar-refractivity contribution in [1.82, 2.24) is 14.9 Å². The first-order chi connectivity index (χ1) is 7.24. The SMILES string of the molecule is CCc1nccn1CCNCCC(C)C. The Morgan fingerprint density at radius 3 is 2.87 bits per heavy atom. The number of aryl methyl sites for hydroxylation is 1. The van der Waals surface area contributed by atoms with Crippen LogP contribution in [0.1, 0.15) is 33.0 Å². The molecule has 0 aliphatic rings. The van der Waals surface area contributed by atoms with Crippen LogP contribution in [0.15, 0.2) is 12.4 Å². The van der Waals surface area contributed by atoms with Crippen LogP contribution in [0.4, 0.5) is 0 Å². The maximum Gasteiger partial charge on any atom is 0.108 e. The molecule has 3 nitrogen and oxygen atoms in total. The zero-order chi connectivity index (χ0) is 11.1. The Labute approximate surface area is 92.9 Å². The summed E-state index contributed by atoms with van der Waals surface area (Å²) in [6.45, 7) is 9.84. The van der Waals surface area contributed by atoms with Gasteiger partial charge in [-0.25, -0.2) is 4.98 Å². The van der Waals surface area contributed by atoms with Gasteiger partial charge in [0.05, 0.1) is 0 Å². The Balaban J connectivity index is 2.15. The minimum atomic E-state index is 0.789. The van der Waals surface area contributed by atoms with Crippen molar-refractivity contribution in [1.29, 1.82) is 0 Å². The fourth-order valence-corrected chi connectivity index (χ4v) is 1.57. The average molecular weight is 209 g/mol. The summed E-state index contributed by atoms with van der Waals surface area (Å²) in [5, 5.41) is 3.46. The van der Waals surface area contributed by atoms with Crippen LogP contribution in [0, 0.1) is 5.92 Å². The third kappa shape index (κ3) is 4.47. The quantitative estimate of drug-likeness (QED) is 0.697. The van der Waals surface area contributed by atoms with Gasteiger partial charge in [-0.3, -0.25) is 0 Å². The molecular formula is C12H23N3. The lowest BCUT2D eigenvalue weighted by atomic mass is 10.1. The number of nitrogens with one attached hydrogen (secondary N) is 1. The van der Waals surface area contributed by atoms with E-state index in [9.17, 15) is 0 Å². The highest BCUT2D eigenvalue weighted by Gasteiger charge is 1.99. The van der Waals surface area contributed by atoms with Gasteiger partial charge in [-0.2, -0.15) is 0 Å². The average Bonchev–Trinajstić information content (AvgIpc) is 2.64. The number of imidazole rings is 1. The molecule has 3 heteroatoms. The first-order valence-corrected chi connectivity index (χ1v) is 5.94. The summed E-state index contributed by atoms with van der Waals surface area (Å²) in [7, 11) is 0. The fourth-order valence-electron chi connectivity index (χ4n) is 1.57. The number of hydrogen-bond acceptors (Lipinski definition) is 2. The van der Waals surface area contributed by atoms with E-state index in [-0.39, 0.29) is 0 Å². The molecule has 0 aliphatic carbocycles. The van der Waals surface area contributed by atoms with Crippen molar-refractivity contribution in [2.45, 2.75) is 40.2 Å². The number of aromatic nitrogens is 2. The Bertz CT molecular complexity index is 266. The third-order valence-corrected chi connectivity index (χ3v) is 2.55. The smallest absolute Gasteiger partial charge is 0.108 e. The molecular weight excluding hydrogens is 186 g/mol. The molecule has 1 N–H and O–H groups in total. The molecule has 1 heterocycles. The second-order valence-corrected chi connectivity index (χ2v) is 4.32. The van der Waals surface area contributed by atoms with E-state index in [1.165, 1.54) is 12.2 Å².